The molecule has 1 saturated heterocycles. The van der Waals surface area contributed by atoms with E-state index in [9.17, 15) is 4.89 Å². The maximum atomic E-state index is 13.5. The molecule has 0 aromatic carbocycles. The Kier molecular flexibility index (Phi) is 6.02. The number of ether oxygens (including phenoxy) is 1. The Morgan fingerprint density at radius 3 is 2.57 bits per heavy atom. The minimum atomic E-state index is -3.07. The van der Waals surface area contributed by atoms with Gasteiger partial charge in [-0.15, -0.1) is 4.67 Å². The van der Waals surface area contributed by atoms with Gasteiger partial charge in [-0.2, -0.15) is 0 Å². The van der Waals surface area contributed by atoms with Crippen molar-refractivity contribution in [2.45, 2.75) is 65.5 Å². The molecule has 5 heteroatoms. The molecule has 1 fully saturated rings. The summed E-state index contributed by atoms with van der Waals surface area (Å²) in [6, 6.07) is 0. The molecule has 0 aliphatic carbocycles. The summed E-state index contributed by atoms with van der Waals surface area (Å²) in [5.74, 6) is 2.40. The van der Waals surface area contributed by atoms with Gasteiger partial charge in [0.15, 0.2) is 0 Å². The minimum absolute atomic E-state index is 0.222. The maximum Gasteiger partial charge on any atom is 0.205 e. The summed E-state index contributed by atoms with van der Waals surface area (Å²) in [4.78, 5) is 13.5. The van der Waals surface area contributed by atoms with Crippen LogP contribution >= 0.6 is 7.87 Å². The van der Waals surface area contributed by atoms with E-state index >= 15 is 0 Å². The summed E-state index contributed by atoms with van der Waals surface area (Å²) in [5, 5.41) is 0. The topological polar surface area (TPSA) is 44.8 Å². The predicted octanol–water partition coefficient (Wildman–Crippen LogP) is 3.86. The molecule has 0 aromatic heterocycles. The quantitative estimate of drug-likeness (QED) is 0.439. The van der Waals surface area contributed by atoms with Crippen molar-refractivity contribution in [2.24, 2.45) is 0 Å². The standard InChI is InChI=1S/C16H30NO3P/c1-8-12-19-14(9-2)13-21(18)17(15(3,4)5)11-10-16(6,7)20-21/h8,13H,1,9-12H2,2-7H3/b14-13-. The Hall–Kier alpha value is -0.410. The van der Waals surface area contributed by atoms with E-state index in [4.69, 9.17) is 9.26 Å². The summed E-state index contributed by atoms with van der Waals surface area (Å²) < 4.78 is 13.6. The average Bonchev–Trinajstić information content (AvgIpc) is 2.31. The highest BCUT2D eigenvalue weighted by atomic mass is 31.2. The smallest absolute Gasteiger partial charge is 0.205 e. The third-order valence-corrected chi connectivity index (χ3v) is 6.30. The average molecular weight is 315 g/mol. The van der Waals surface area contributed by atoms with E-state index in [1.165, 1.54) is 0 Å². The summed E-state index contributed by atoms with van der Waals surface area (Å²) in [7, 11) is -3.07. The Morgan fingerprint density at radius 1 is 1.48 bits per heavy atom. The van der Waals surface area contributed by atoms with Crippen LogP contribution in [0.2, 0.25) is 0 Å². The molecular formula is C16H30NO3P. The molecule has 1 heterocycles. The predicted molar refractivity (Wildman–Crippen MR) is 87.7 cm³/mol. The molecule has 1 aliphatic heterocycles. The summed E-state index contributed by atoms with van der Waals surface area (Å²) in [6.45, 7) is 17.0. The monoisotopic (exact) mass is 315 g/mol. The number of nitrogens with zero attached hydrogens (tertiary/aromatic N) is 1. The fourth-order valence-electron chi connectivity index (χ4n) is 2.39. The van der Waals surface area contributed by atoms with E-state index < -0.39 is 7.87 Å². The van der Waals surface area contributed by atoms with Crippen LogP contribution in [-0.2, 0) is 9.26 Å². The van der Waals surface area contributed by atoms with Gasteiger partial charge in [0.1, 0.15) is 23.8 Å². The molecule has 4 nitrogen and oxygen atoms in total. The normalized spacial score (nSPS) is 27.5. The van der Waals surface area contributed by atoms with E-state index in [1.54, 1.807) is 11.9 Å². The van der Waals surface area contributed by atoms with E-state index in [0.29, 0.717) is 18.8 Å². The van der Waals surface area contributed by atoms with Gasteiger partial charge >= 0.3 is 0 Å². The highest BCUT2D eigenvalue weighted by Gasteiger charge is 2.50. The lowest BCUT2D eigenvalue weighted by atomic mass is 10.0. The van der Waals surface area contributed by atoms with Crippen LogP contribution in [0, 0.1) is 0 Å². The van der Waals surface area contributed by atoms with Crippen LogP contribution in [0.5, 0.6) is 0 Å². The molecule has 0 saturated carbocycles. The van der Waals surface area contributed by atoms with Gasteiger partial charge in [-0.1, -0.05) is 19.6 Å². The van der Waals surface area contributed by atoms with Crippen molar-refractivity contribution < 1.29 is 14.2 Å². The zero-order valence-corrected chi connectivity index (χ0v) is 15.2. The number of hydrogen-bond acceptors (Lipinski definition) is 4. The van der Waals surface area contributed by atoms with Gasteiger partial charge in [-0.25, -0.2) is 4.52 Å². The highest BCUT2D eigenvalue weighted by Crippen LogP contribution is 2.65. The van der Waals surface area contributed by atoms with E-state index in [0.717, 1.165) is 13.0 Å². The fourth-order valence-corrected chi connectivity index (χ4v) is 5.32. The van der Waals surface area contributed by atoms with Gasteiger partial charge in [-0.05, 0) is 41.0 Å². The van der Waals surface area contributed by atoms with Gasteiger partial charge in [0, 0.05) is 18.5 Å². The Balaban J connectivity index is 3.12. The zero-order chi connectivity index (χ0) is 16.3. The van der Waals surface area contributed by atoms with Gasteiger partial charge in [0.2, 0.25) is 7.87 Å². The van der Waals surface area contributed by atoms with Gasteiger partial charge in [0.05, 0.1) is 0 Å². The molecule has 21 heavy (non-hydrogen) atoms. The van der Waals surface area contributed by atoms with Crippen LogP contribution in [0.25, 0.3) is 0 Å². The maximum absolute atomic E-state index is 13.5. The van der Waals surface area contributed by atoms with Crippen LogP contribution in [0.4, 0.5) is 0 Å². The van der Waals surface area contributed by atoms with Crippen molar-refractivity contribution in [3.05, 3.63) is 24.2 Å². The fraction of sp³-hybridized carbons (Fsp3) is 0.750. The summed E-state index contributed by atoms with van der Waals surface area (Å²) in [5.41, 5.74) is -0.606. The third-order valence-electron chi connectivity index (χ3n) is 3.46. The van der Waals surface area contributed by atoms with Gasteiger partial charge < -0.3 is 9.63 Å². The molecule has 0 aromatic rings. The lowest BCUT2D eigenvalue weighted by molar-refractivity contribution is -0.223. The first kappa shape index (κ1) is 18.6. The van der Waals surface area contributed by atoms with Crippen molar-refractivity contribution in [1.82, 2.24) is 4.67 Å². The molecule has 1 atom stereocenters. The number of hydrogen-bond donors (Lipinski definition) is 0. The second kappa shape index (κ2) is 6.78. The molecular weight excluding hydrogens is 285 g/mol. The van der Waals surface area contributed by atoms with Gasteiger partial charge in [0.25, 0.3) is 0 Å². The molecule has 1 unspecified atom stereocenters. The van der Waals surface area contributed by atoms with Crippen molar-refractivity contribution in [3.8, 4) is 0 Å². The first-order chi connectivity index (χ1) is 9.54. The SMILES string of the molecule is C=CCO/C(=C\[P+]1([O-])OC(C)(C)CCN1C(C)(C)C)CC. The second-order valence-corrected chi connectivity index (χ2v) is 9.06. The number of allylic oxidation sites excluding steroid dienone is 1. The van der Waals surface area contributed by atoms with E-state index in [-0.39, 0.29) is 11.1 Å². The van der Waals surface area contributed by atoms with Crippen molar-refractivity contribution in [2.75, 3.05) is 13.2 Å². The molecule has 0 N–H and O–H groups in total. The second-order valence-electron chi connectivity index (χ2n) is 7.01. The van der Waals surface area contributed by atoms with Crippen LogP contribution < -0.4 is 4.89 Å². The highest BCUT2D eigenvalue weighted by molar-refractivity contribution is 7.65. The number of rotatable bonds is 5. The molecule has 0 radical (unpaired) electrons. The van der Waals surface area contributed by atoms with Crippen molar-refractivity contribution >= 4 is 7.87 Å². The van der Waals surface area contributed by atoms with Crippen LogP contribution in [0.1, 0.15) is 54.4 Å². The molecule has 1 aliphatic rings. The molecule has 0 amide bonds. The first-order valence-electron chi connectivity index (χ1n) is 7.58. The zero-order valence-electron chi connectivity index (χ0n) is 14.3. The third kappa shape index (κ3) is 5.07. The Labute approximate surface area is 130 Å². The van der Waals surface area contributed by atoms with Crippen molar-refractivity contribution in [3.63, 3.8) is 0 Å². The Morgan fingerprint density at radius 2 is 2.10 bits per heavy atom. The molecule has 0 bridgehead atoms. The van der Waals surface area contributed by atoms with E-state index in [1.807, 2.05) is 25.4 Å². The largest absolute Gasteiger partial charge is 0.637 e. The van der Waals surface area contributed by atoms with E-state index in [2.05, 4.69) is 27.4 Å². The lowest BCUT2D eigenvalue weighted by Gasteiger charge is -2.50. The van der Waals surface area contributed by atoms with Gasteiger partial charge in [-0.3, -0.25) is 0 Å². The molecule has 122 valence electrons. The van der Waals surface area contributed by atoms with Crippen LogP contribution in [0.3, 0.4) is 0 Å². The Bertz CT molecular complexity index is 401. The summed E-state index contributed by atoms with van der Waals surface area (Å²) in [6.07, 6.45) is 3.23. The summed E-state index contributed by atoms with van der Waals surface area (Å²) >= 11 is 0. The van der Waals surface area contributed by atoms with Crippen LogP contribution in [0.15, 0.2) is 24.2 Å². The molecule has 1 rings (SSSR count). The first-order valence-corrected chi connectivity index (χ1v) is 9.23. The minimum Gasteiger partial charge on any atom is -0.637 e. The van der Waals surface area contributed by atoms with Crippen molar-refractivity contribution in [1.29, 1.82) is 0 Å². The van der Waals surface area contributed by atoms with Crippen LogP contribution in [-0.4, -0.2) is 29.0 Å². The lowest BCUT2D eigenvalue weighted by Crippen LogP contribution is -2.52. The molecule has 0 spiro atoms.